The summed E-state index contributed by atoms with van der Waals surface area (Å²) in [7, 11) is 0. The van der Waals surface area contributed by atoms with Crippen LogP contribution in [0.15, 0.2) is 0 Å². The summed E-state index contributed by atoms with van der Waals surface area (Å²) in [4.78, 5) is 10.0. The molecule has 0 amide bonds. The summed E-state index contributed by atoms with van der Waals surface area (Å²) in [6.07, 6.45) is 10.7. The number of unbranched alkanes of at least 4 members (excludes halogenated alkanes) is 4. The molecule has 0 spiro atoms. The maximum atomic E-state index is 10.0. The smallest absolute Gasteiger partial charge is 1.00 e. The summed E-state index contributed by atoms with van der Waals surface area (Å²) >= 11 is 0. The summed E-state index contributed by atoms with van der Waals surface area (Å²) in [5, 5.41) is 23.5. The van der Waals surface area contributed by atoms with Crippen LogP contribution >= 0.6 is 0 Å². The second-order valence-corrected chi connectivity index (χ2v) is 5.62. The van der Waals surface area contributed by atoms with Crippen molar-refractivity contribution in [2.75, 3.05) is 13.2 Å². The summed E-state index contributed by atoms with van der Waals surface area (Å²) in [6.45, 7) is 1.90. The third-order valence-corrected chi connectivity index (χ3v) is 3.47. The number of carboxylic acids is 1. The molecule has 1 aliphatic rings. The summed E-state index contributed by atoms with van der Waals surface area (Å²) in [6, 6.07) is 0.562. The number of hydrogen-bond donors (Lipinski definition) is 5. The van der Waals surface area contributed by atoms with Crippen molar-refractivity contribution in [1.29, 1.82) is 0 Å². The van der Waals surface area contributed by atoms with Gasteiger partial charge in [0, 0.05) is 18.5 Å². The van der Waals surface area contributed by atoms with Crippen molar-refractivity contribution < 1.29 is 66.0 Å². The van der Waals surface area contributed by atoms with Crippen molar-refractivity contribution in [3.05, 3.63) is 0 Å². The van der Waals surface area contributed by atoms with Gasteiger partial charge in [-0.1, -0.05) is 45.4 Å². The number of aliphatic hydroxyl groups is 2. The van der Waals surface area contributed by atoms with E-state index < -0.39 is 5.97 Å². The number of aliphatic hydroxyl groups excluding tert-OH is 2. The van der Waals surface area contributed by atoms with Gasteiger partial charge >= 0.3 is 27.0 Å². The van der Waals surface area contributed by atoms with Crippen LogP contribution in [0.1, 0.15) is 71.1 Å². The second-order valence-electron chi connectivity index (χ2n) is 5.62. The molecule has 1 saturated carbocycles. The molecule has 2 atom stereocenters. The Labute approximate surface area is 179 Å². The summed E-state index contributed by atoms with van der Waals surface area (Å²) in [5.74, 6) is -0.670. The van der Waals surface area contributed by atoms with Gasteiger partial charge in [-0.15, -0.1) is 0 Å². The molecule has 1 rings (SSSR count). The largest absolute Gasteiger partial charge is 4.00 e. The van der Waals surface area contributed by atoms with Crippen molar-refractivity contribution in [2.24, 2.45) is 11.5 Å². The minimum Gasteiger partial charge on any atom is -1.00 e. The maximum absolute atomic E-state index is 10.0. The molecule has 0 unspecified atom stereocenters. The van der Waals surface area contributed by atoms with Crippen LogP contribution in [0.3, 0.4) is 0 Å². The molecule has 9 heteroatoms. The van der Waals surface area contributed by atoms with Crippen molar-refractivity contribution >= 4 is 5.97 Å². The van der Waals surface area contributed by atoms with Crippen molar-refractivity contribution in [1.82, 2.24) is 0 Å². The summed E-state index contributed by atoms with van der Waals surface area (Å²) in [5.41, 5.74) is 11.3. The van der Waals surface area contributed by atoms with Crippen LogP contribution in [-0.4, -0.2) is 46.6 Å². The fraction of sp³-hybridized carbons (Fsp3) is 0.938. The normalized spacial score (nSPS) is 17.8. The second kappa shape index (κ2) is 29.3. The fourth-order valence-corrected chi connectivity index (χ4v) is 2.07. The van der Waals surface area contributed by atoms with Crippen LogP contribution < -0.4 is 36.3 Å². The van der Waals surface area contributed by atoms with Crippen molar-refractivity contribution in [2.45, 2.75) is 83.2 Å². The fourth-order valence-electron chi connectivity index (χ4n) is 2.07. The van der Waals surface area contributed by atoms with Gasteiger partial charge < -0.3 is 51.6 Å². The van der Waals surface area contributed by atoms with Crippen LogP contribution in [0.4, 0.5) is 0 Å². The zero-order valence-electron chi connectivity index (χ0n) is 15.1. The topological polar surface area (TPSA) is 130 Å². The standard InChI is InChI=1S/C8H16O2.C6H14N2.C2H6O2.2ClH.Pt/c1-2-3-4-5-6-7-8(9)10;7-5-3-1-2-4-6(5)8;3-1-2-4;;;/h2-7H2,1H3,(H,9,10);5-6H,1-4,7-8H2;3-4H,1-2H2;2*1H;/q;;;;;+4/p-2/t;5-,6-;;;;/m.1..../s1. The van der Waals surface area contributed by atoms with Crippen LogP contribution in [0.2, 0.25) is 0 Å². The van der Waals surface area contributed by atoms with E-state index in [1.165, 1.54) is 32.1 Å². The minimum atomic E-state index is -0.670. The van der Waals surface area contributed by atoms with Gasteiger partial charge in [-0.05, 0) is 19.3 Å². The number of rotatable bonds is 7. The number of carbonyl (C=O) groups is 1. The Hall–Kier alpha value is 0.578. The molecule has 0 aromatic heterocycles. The number of carboxylic acid groups (broad SMARTS) is 1. The van der Waals surface area contributed by atoms with Gasteiger partial charge in [-0.3, -0.25) is 4.79 Å². The number of aliphatic carboxylic acids is 1. The van der Waals surface area contributed by atoms with E-state index in [-0.39, 0.29) is 71.2 Å². The number of halogens is 2. The van der Waals surface area contributed by atoms with E-state index in [2.05, 4.69) is 6.92 Å². The van der Waals surface area contributed by atoms with Crippen LogP contribution in [-0.2, 0) is 25.9 Å². The molecule has 7 N–H and O–H groups in total. The van der Waals surface area contributed by atoms with Gasteiger partial charge in [0.05, 0.1) is 13.2 Å². The molecule has 0 aromatic carbocycles. The van der Waals surface area contributed by atoms with E-state index in [1.54, 1.807) is 0 Å². The van der Waals surface area contributed by atoms with E-state index in [4.69, 9.17) is 26.8 Å². The SMILES string of the molecule is CCCCCCCC(=O)O.N[C@@H]1CCCC[C@H]1N.OCCO.[Cl-].[Cl-].[Pt+4]. The van der Waals surface area contributed by atoms with E-state index in [9.17, 15) is 4.79 Å². The molecule has 25 heavy (non-hydrogen) atoms. The first-order chi connectivity index (χ1) is 10.5. The zero-order chi connectivity index (χ0) is 17.2. The average molecular weight is 586 g/mol. The number of nitrogens with two attached hydrogens (primary N) is 2. The Balaban J connectivity index is -0.0000000809. The Bertz CT molecular complexity index is 244. The Morgan fingerprint density at radius 2 is 1.32 bits per heavy atom. The number of hydrogen-bond acceptors (Lipinski definition) is 5. The molecule has 0 aromatic rings. The van der Waals surface area contributed by atoms with Crippen LogP contribution in [0, 0.1) is 0 Å². The Morgan fingerprint density at radius 3 is 1.60 bits per heavy atom. The predicted molar refractivity (Wildman–Crippen MR) is 89.6 cm³/mol. The summed E-state index contributed by atoms with van der Waals surface area (Å²) < 4.78 is 0. The molecule has 0 heterocycles. The first-order valence-electron chi connectivity index (χ1n) is 8.44. The molecule has 1 fully saturated rings. The first kappa shape index (κ1) is 36.5. The van der Waals surface area contributed by atoms with Crippen molar-refractivity contribution in [3.8, 4) is 0 Å². The molecule has 6 nitrogen and oxygen atoms in total. The average Bonchev–Trinajstić information content (AvgIpc) is 2.51. The minimum absolute atomic E-state index is 0. The molecule has 0 aliphatic heterocycles. The predicted octanol–water partition coefficient (Wildman–Crippen LogP) is -4.38. The van der Waals surface area contributed by atoms with E-state index in [0.717, 1.165) is 25.7 Å². The molecular formula is C16H36Cl2N2O4Pt+2. The van der Waals surface area contributed by atoms with Gasteiger partial charge in [0.15, 0.2) is 0 Å². The van der Waals surface area contributed by atoms with Gasteiger partial charge in [0.1, 0.15) is 0 Å². The quantitative estimate of drug-likeness (QED) is 0.192. The molecule has 156 valence electrons. The third kappa shape index (κ3) is 32.7. The Kier molecular flexibility index (Phi) is 42.8. The Morgan fingerprint density at radius 1 is 0.920 bits per heavy atom. The van der Waals surface area contributed by atoms with E-state index >= 15 is 0 Å². The van der Waals surface area contributed by atoms with Gasteiger partial charge in [0.25, 0.3) is 0 Å². The first-order valence-corrected chi connectivity index (χ1v) is 8.44. The monoisotopic (exact) mass is 585 g/mol. The van der Waals surface area contributed by atoms with E-state index in [1.807, 2.05) is 0 Å². The van der Waals surface area contributed by atoms with Crippen LogP contribution in [0.5, 0.6) is 0 Å². The molecule has 0 saturated heterocycles. The zero-order valence-corrected chi connectivity index (χ0v) is 18.9. The van der Waals surface area contributed by atoms with Crippen LogP contribution in [0.25, 0.3) is 0 Å². The molecule has 0 radical (unpaired) electrons. The maximum Gasteiger partial charge on any atom is 4.00 e. The van der Waals surface area contributed by atoms with Crippen molar-refractivity contribution in [3.63, 3.8) is 0 Å². The van der Waals surface area contributed by atoms with Gasteiger partial charge in [-0.2, -0.15) is 0 Å². The molecule has 0 bridgehead atoms. The molecular weight excluding hydrogens is 550 g/mol. The third-order valence-electron chi connectivity index (χ3n) is 3.47. The molecule has 1 aliphatic carbocycles. The van der Waals surface area contributed by atoms with E-state index in [0.29, 0.717) is 6.42 Å². The van der Waals surface area contributed by atoms with Gasteiger partial charge in [0.2, 0.25) is 0 Å². The van der Waals surface area contributed by atoms with Gasteiger partial charge in [-0.25, -0.2) is 0 Å².